The Balaban J connectivity index is 2.69. The van der Waals surface area contributed by atoms with Gasteiger partial charge in [-0.05, 0) is 5.92 Å². The largest absolute Gasteiger partial charge is 0.464 e. The van der Waals surface area contributed by atoms with Crippen LogP contribution in [-0.2, 0) is 0 Å². The Bertz CT molecular complexity index is 431. The third kappa shape index (κ3) is 1.26. The Hall–Kier alpha value is -1.51. The van der Waals surface area contributed by atoms with E-state index in [1.165, 1.54) is 5.56 Å². The molecule has 0 saturated heterocycles. The van der Waals surface area contributed by atoms with Crippen molar-refractivity contribution in [1.29, 1.82) is 0 Å². The number of furan rings is 1. The predicted molar refractivity (Wildman–Crippen MR) is 52.5 cm³/mol. The summed E-state index contributed by atoms with van der Waals surface area (Å²) < 4.78 is 5.37. The maximum absolute atomic E-state index is 5.54. The van der Waals surface area contributed by atoms with E-state index in [1.54, 1.807) is 18.5 Å². The molecule has 0 aliphatic heterocycles. The van der Waals surface area contributed by atoms with Crippen LogP contribution in [0.3, 0.4) is 0 Å². The molecule has 3 heteroatoms. The van der Waals surface area contributed by atoms with Crippen LogP contribution in [0.25, 0.3) is 11.0 Å². The van der Waals surface area contributed by atoms with Crippen LogP contribution in [0.15, 0.2) is 22.9 Å². The molecule has 0 aliphatic rings. The van der Waals surface area contributed by atoms with Crippen molar-refractivity contribution in [3.8, 4) is 0 Å². The first-order valence-corrected chi connectivity index (χ1v) is 4.31. The van der Waals surface area contributed by atoms with Gasteiger partial charge in [0.15, 0.2) is 0 Å². The predicted octanol–water partition coefficient (Wildman–Crippen LogP) is 2.53. The van der Waals surface area contributed by atoms with E-state index >= 15 is 0 Å². The third-order valence-corrected chi connectivity index (χ3v) is 2.13. The number of rotatable bonds is 1. The Labute approximate surface area is 76.6 Å². The number of nitrogens with zero attached hydrogens (tertiary/aromatic N) is 1. The van der Waals surface area contributed by atoms with Gasteiger partial charge in [-0.2, -0.15) is 0 Å². The molecule has 13 heavy (non-hydrogen) atoms. The fourth-order valence-corrected chi connectivity index (χ4v) is 1.40. The molecule has 0 unspecified atom stereocenters. The monoisotopic (exact) mass is 176 g/mol. The van der Waals surface area contributed by atoms with Crippen LogP contribution in [-0.4, -0.2) is 4.98 Å². The Kier molecular flexibility index (Phi) is 1.72. The SMILES string of the molecule is CC(C)c1coc2cc(N)ncc12. The van der Waals surface area contributed by atoms with Crippen molar-refractivity contribution >= 4 is 16.8 Å². The molecule has 2 rings (SSSR count). The summed E-state index contributed by atoms with van der Waals surface area (Å²) in [6, 6.07) is 1.75. The Morgan fingerprint density at radius 2 is 2.23 bits per heavy atom. The zero-order valence-electron chi connectivity index (χ0n) is 7.74. The number of aromatic nitrogens is 1. The first-order valence-electron chi connectivity index (χ1n) is 4.31. The normalized spacial score (nSPS) is 11.3. The molecule has 0 aliphatic carbocycles. The Morgan fingerprint density at radius 3 is 2.92 bits per heavy atom. The zero-order valence-corrected chi connectivity index (χ0v) is 7.74. The number of nitrogen functional groups attached to an aromatic ring is 1. The number of nitrogens with two attached hydrogens (primary N) is 1. The first-order chi connectivity index (χ1) is 6.18. The molecular formula is C10H12N2O. The van der Waals surface area contributed by atoms with E-state index < -0.39 is 0 Å². The van der Waals surface area contributed by atoms with Crippen molar-refractivity contribution in [2.75, 3.05) is 5.73 Å². The second-order valence-electron chi connectivity index (χ2n) is 3.45. The van der Waals surface area contributed by atoms with Gasteiger partial charge in [0, 0.05) is 23.2 Å². The highest BCUT2D eigenvalue weighted by Crippen LogP contribution is 2.27. The highest BCUT2D eigenvalue weighted by atomic mass is 16.3. The topological polar surface area (TPSA) is 52.0 Å². The quantitative estimate of drug-likeness (QED) is 0.726. The van der Waals surface area contributed by atoms with Gasteiger partial charge in [0.05, 0.1) is 6.26 Å². The maximum Gasteiger partial charge on any atom is 0.139 e. The second-order valence-corrected chi connectivity index (χ2v) is 3.45. The lowest BCUT2D eigenvalue weighted by atomic mass is 10.0. The van der Waals surface area contributed by atoms with Crippen molar-refractivity contribution in [3.63, 3.8) is 0 Å². The fourth-order valence-electron chi connectivity index (χ4n) is 1.40. The highest BCUT2D eigenvalue weighted by Gasteiger charge is 2.09. The van der Waals surface area contributed by atoms with Crippen molar-refractivity contribution in [1.82, 2.24) is 4.98 Å². The van der Waals surface area contributed by atoms with E-state index in [-0.39, 0.29) is 0 Å². The number of fused-ring (bicyclic) bond motifs is 1. The molecule has 2 aromatic rings. The minimum absolute atomic E-state index is 0.451. The average Bonchev–Trinajstić information content (AvgIpc) is 2.46. The molecule has 0 fully saturated rings. The number of hydrogen-bond acceptors (Lipinski definition) is 3. The molecular weight excluding hydrogens is 164 g/mol. The molecule has 0 spiro atoms. The maximum atomic E-state index is 5.54. The second kappa shape index (κ2) is 2.76. The summed E-state index contributed by atoms with van der Waals surface area (Å²) in [6.45, 7) is 4.25. The molecule has 3 nitrogen and oxygen atoms in total. The van der Waals surface area contributed by atoms with Crippen LogP contribution in [0.1, 0.15) is 25.3 Å². The standard InChI is InChI=1S/C10H12N2O/c1-6(2)8-5-13-9-3-10(11)12-4-7(8)9/h3-6H,1-2H3,(H2,11,12). The van der Waals surface area contributed by atoms with Gasteiger partial charge in [-0.1, -0.05) is 13.8 Å². The lowest BCUT2D eigenvalue weighted by molar-refractivity contribution is 0.606. The molecule has 0 amide bonds. The third-order valence-electron chi connectivity index (χ3n) is 2.13. The smallest absolute Gasteiger partial charge is 0.139 e. The van der Waals surface area contributed by atoms with E-state index in [4.69, 9.17) is 10.2 Å². The van der Waals surface area contributed by atoms with Gasteiger partial charge < -0.3 is 10.2 Å². The average molecular weight is 176 g/mol. The molecule has 0 radical (unpaired) electrons. The highest BCUT2D eigenvalue weighted by molar-refractivity contribution is 5.82. The Morgan fingerprint density at radius 1 is 1.46 bits per heavy atom. The minimum Gasteiger partial charge on any atom is -0.464 e. The van der Waals surface area contributed by atoms with E-state index in [0.717, 1.165) is 11.0 Å². The van der Waals surface area contributed by atoms with Gasteiger partial charge in [-0.3, -0.25) is 0 Å². The summed E-state index contributed by atoms with van der Waals surface area (Å²) in [5.41, 5.74) is 7.54. The zero-order chi connectivity index (χ0) is 9.42. The van der Waals surface area contributed by atoms with E-state index in [0.29, 0.717) is 11.7 Å². The van der Waals surface area contributed by atoms with Gasteiger partial charge in [0.2, 0.25) is 0 Å². The molecule has 0 atom stereocenters. The van der Waals surface area contributed by atoms with Crippen LogP contribution in [0.2, 0.25) is 0 Å². The molecule has 68 valence electrons. The summed E-state index contributed by atoms with van der Waals surface area (Å²) in [7, 11) is 0. The van der Waals surface area contributed by atoms with Crippen molar-refractivity contribution in [2.45, 2.75) is 19.8 Å². The van der Waals surface area contributed by atoms with Gasteiger partial charge in [0.1, 0.15) is 11.4 Å². The van der Waals surface area contributed by atoms with Gasteiger partial charge in [-0.15, -0.1) is 0 Å². The van der Waals surface area contributed by atoms with E-state index in [9.17, 15) is 0 Å². The molecule has 0 bridgehead atoms. The fraction of sp³-hybridized carbons (Fsp3) is 0.300. The van der Waals surface area contributed by atoms with Crippen LogP contribution < -0.4 is 5.73 Å². The van der Waals surface area contributed by atoms with E-state index in [1.807, 2.05) is 0 Å². The van der Waals surface area contributed by atoms with Crippen LogP contribution in [0.4, 0.5) is 5.82 Å². The first kappa shape index (κ1) is 8.10. The summed E-state index contributed by atoms with van der Waals surface area (Å²) in [4.78, 5) is 4.04. The van der Waals surface area contributed by atoms with Crippen LogP contribution in [0, 0.1) is 0 Å². The van der Waals surface area contributed by atoms with E-state index in [2.05, 4.69) is 18.8 Å². The molecule has 2 aromatic heterocycles. The number of anilines is 1. The lowest BCUT2D eigenvalue weighted by Crippen LogP contribution is -1.89. The minimum atomic E-state index is 0.451. The van der Waals surface area contributed by atoms with Crippen LogP contribution in [0.5, 0.6) is 0 Å². The van der Waals surface area contributed by atoms with Crippen molar-refractivity contribution < 1.29 is 4.42 Å². The number of pyridine rings is 1. The summed E-state index contributed by atoms with van der Waals surface area (Å²) in [5.74, 6) is 0.948. The van der Waals surface area contributed by atoms with Gasteiger partial charge in [0.25, 0.3) is 0 Å². The molecule has 0 aromatic carbocycles. The van der Waals surface area contributed by atoms with Crippen molar-refractivity contribution in [3.05, 3.63) is 24.1 Å². The van der Waals surface area contributed by atoms with Crippen LogP contribution >= 0.6 is 0 Å². The number of hydrogen-bond donors (Lipinski definition) is 1. The van der Waals surface area contributed by atoms with Gasteiger partial charge in [-0.25, -0.2) is 4.98 Å². The molecule has 2 heterocycles. The summed E-state index contributed by atoms with van der Waals surface area (Å²) >= 11 is 0. The van der Waals surface area contributed by atoms with Crippen molar-refractivity contribution in [2.24, 2.45) is 0 Å². The lowest BCUT2D eigenvalue weighted by Gasteiger charge is -1.99. The molecule has 0 saturated carbocycles. The van der Waals surface area contributed by atoms with Gasteiger partial charge >= 0.3 is 0 Å². The summed E-state index contributed by atoms with van der Waals surface area (Å²) in [6.07, 6.45) is 3.54. The molecule has 2 N–H and O–H groups in total. The summed E-state index contributed by atoms with van der Waals surface area (Å²) in [5, 5.41) is 1.06.